The summed E-state index contributed by atoms with van der Waals surface area (Å²) < 4.78 is 44.0. The van der Waals surface area contributed by atoms with Gasteiger partial charge in [0.05, 0.1) is 36.2 Å². The second-order valence-electron chi connectivity index (χ2n) is 10.1. The summed E-state index contributed by atoms with van der Waals surface area (Å²) in [5.41, 5.74) is 1.85. The number of carbonyl (C=O) groups excluding carboxylic acids is 2. The fraction of sp³-hybridized carbons (Fsp3) is 0.444. The molecule has 8 nitrogen and oxygen atoms in total. The van der Waals surface area contributed by atoms with Crippen LogP contribution in [0.4, 0.5) is 13.6 Å². The predicted molar refractivity (Wildman–Crippen MR) is 130 cm³/mol. The molecular formula is C27H28F2N4O4. The molecule has 2 aromatic heterocycles. The third-order valence-electron chi connectivity index (χ3n) is 6.94. The van der Waals surface area contributed by atoms with E-state index in [1.165, 1.54) is 0 Å². The van der Waals surface area contributed by atoms with Crippen molar-refractivity contribution in [1.82, 2.24) is 19.6 Å². The van der Waals surface area contributed by atoms with Gasteiger partial charge >= 0.3 is 6.09 Å². The van der Waals surface area contributed by atoms with E-state index in [1.54, 1.807) is 9.30 Å². The van der Waals surface area contributed by atoms with E-state index in [0.29, 0.717) is 31.0 Å². The molecule has 2 aliphatic carbocycles. The summed E-state index contributed by atoms with van der Waals surface area (Å²) in [5, 5.41) is 2.75. The van der Waals surface area contributed by atoms with Gasteiger partial charge in [-0.05, 0) is 62.4 Å². The number of imidazole rings is 1. The van der Waals surface area contributed by atoms with Gasteiger partial charge in [-0.1, -0.05) is 0 Å². The number of morpholine rings is 1. The van der Waals surface area contributed by atoms with Crippen molar-refractivity contribution in [1.29, 1.82) is 0 Å². The average Bonchev–Trinajstić information content (AvgIpc) is 3.80. The maximum absolute atomic E-state index is 15.4. The maximum atomic E-state index is 15.4. The number of benzene rings is 1. The van der Waals surface area contributed by atoms with Gasteiger partial charge in [-0.3, -0.25) is 4.79 Å². The van der Waals surface area contributed by atoms with Crippen LogP contribution in [0.1, 0.15) is 47.3 Å². The van der Waals surface area contributed by atoms with Crippen LogP contribution in [0, 0.1) is 18.6 Å². The van der Waals surface area contributed by atoms with E-state index in [1.807, 2.05) is 25.3 Å². The molecule has 3 fully saturated rings. The van der Waals surface area contributed by atoms with E-state index in [0.717, 1.165) is 43.4 Å². The molecule has 0 bridgehead atoms. The number of hydrogen-bond donors (Lipinski definition) is 1. The normalized spacial score (nSPS) is 19.8. The highest BCUT2D eigenvalue weighted by Gasteiger charge is 2.33. The van der Waals surface area contributed by atoms with Crippen molar-refractivity contribution < 1.29 is 27.8 Å². The van der Waals surface area contributed by atoms with Gasteiger partial charge in [0.15, 0.2) is 0 Å². The highest BCUT2D eigenvalue weighted by Crippen LogP contribution is 2.32. The van der Waals surface area contributed by atoms with Crippen LogP contribution in [0.15, 0.2) is 30.5 Å². The summed E-state index contributed by atoms with van der Waals surface area (Å²) in [6.07, 6.45) is 4.85. The van der Waals surface area contributed by atoms with E-state index < -0.39 is 23.6 Å². The van der Waals surface area contributed by atoms with Gasteiger partial charge in [0, 0.05) is 30.8 Å². The van der Waals surface area contributed by atoms with E-state index in [-0.39, 0.29) is 41.5 Å². The molecule has 2 amide bonds. The van der Waals surface area contributed by atoms with Crippen molar-refractivity contribution in [3.63, 3.8) is 0 Å². The van der Waals surface area contributed by atoms with Crippen LogP contribution in [0.3, 0.4) is 0 Å². The lowest BCUT2D eigenvalue weighted by molar-refractivity contribution is -0.0279. The first-order valence-electron chi connectivity index (χ1n) is 12.7. The van der Waals surface area contributed by atoms with Crippen LogP contribution in [-0.2, 0) is 15.9 Å². The highest BCUT2D eigenvalue weighted by atomic mass is 19.1. The Morgan fingerprint density at radius 2 is 1.92 bits per heavy atom. The molecule has 3 heterocycles. The predicted octanol–water partition coefficient (Wildman–Crippen LogP) is 4.02. The summed E-state index contributed by atoms with van der Waals surface area (Å²) in [7, 11) is 0. The summed E-state index contributed by atoms with van der Waals surface area (Å²) in [6, 6.07) is 5.91. The zero-order chi connectivity index (χ0) is 25.7. The van der Waals surface area contributed by atoms with E-state index in [9.17, 15) is 9.59 Å². The number of fused-ring (bicyclic) bond motifs is 1. The van der Waals surface area contributed by atoms with Crippen LogP contribution < -0.4 is 5.32 Å². The Balaban J connectivity index is 1.33. The van der Waals surface area contributed by atoms with Crippen LogP contribution in [-0.4, -0.2) is 64.2 Å². The smallest absolute Gasteiger partial charge is 0.410 e. The van der Waals surface area contributed by atoms with Crippen LogP contribution in [0.2, 0.25) is 0 Å². The van der Waals surface area contributed by atoms with E-state index in [4.69, 9.17) is 9.47 Å². The van der Waals surface area contributed by atoms with Crippen molar-refractivity contribution in [2.45, 2.75) is 57.3 Å². The van der Waals surface area contributed by atoms with Gasteiger partial charge in [0.2, 0.25) is 0 Å². The zero-order valence-corrected chi connectivity index (χ0v) is 20.5. The molecule has 3 aromatic rings. The number of amides is 2. The molecule has 1 saturated heterocycles. The van der Waals surface area contributed by atoms with Crippen molar-refractivity contribution in [3.8, 4) is 11.3 Å². The summed E-state index contributed by atoms with van der Waals surface area (Å²) in [4.78, 5) is 31.1. The standard InChI is InChI=1S/C27H28F2N4O4/c1-15-6-7-33-22(13-19-14-32(8-9-36-19)27(35)37-18-4-5-18)25(31-23(33)10-15)24-20(28)11-16(12-21(24)29)26(34)30-17-2-3-17/h6-7,10-12,17-19H,2-5,8-9,13-14H2,1H3,(H,30,34)/t19-/m0/s1. The number of rotatable bonds is 6. The minimum atomic E-state index is -0.860. The molecule has 0 unspecified atom stereocenters. The van der Waals surface area contributed by atoms with E-state index >= 15 is 8.78 Å². The zero-order valence-electron chi connectivity index (χ0n) is 20.5. The highest BCUT2D eigenvalue weighted by molar-refractivity contribution is 5.95. The average molecular weight is 511 g/mol. The quantitative estimate of drug-likeness (QED) is 0.542. The van der Waals surface area contributed by atoms with Gasteiger partial charge in [-0.15, -0.1) is 0 Å². The molecule has 10 heteroatoms. The lowest BCUT2D eigenvalue weighted by Gasteiger charge is -2.32. The van der Waals surface area contributed by atoms with E-state index in [2.05, 4.69) is 10.3 Å². The molecule has 194 valence electrons. The van der Waals surface area contributed by atoms with Gasteiger partial charge < -0.3 is 24.1 Å². The molecule has 37 heavy (non-hydrogen) atoms. The van der Waals surface area contributed by atoms with Crippen LogP contribution >= 0.6 is 0 Å². The number of ether oxygens (including phenoxy) is 2. The number of hydrogen-bond acceptors (Lipinski definition) is 5. The van der Waals surface area contributed by atoms with Gasteiger partial charge in [0.1, 0.15) is 23.4 Å². The van der Waals surface area contributed by atoms with Gasteiger partial charge in [-0.2, -0.15) is 0 Å². The Hall–Kier alpha value is -3.53. The fourth-order valence-electron chi connectivity index (χ4n) is 4.65. The van der Waals surface area contributed by atoms with Crippen LogP contribution in [0.25, 0.3) is 16.9 Å². The number of pyridine rings is 1. The van der Waals surface area contributed by atoms with Gasteiger partial charge in [0.25, 0.3) is 5.91 Å². The first-order chi connectivity index (χ1) is 17.9. The minimum Gasteiger partial charge on any atom is -0.446 e. The Labute approximate surface area is 212 Å². The Kier molecular flexibility index (Phi) is 6.06. The largest absolute Gasteiger partial charge is 0.446 e. The Bertz CT molecular complexity index is 1360. The molecule has 1 aromatic carbocycles. The number of halogens is 2. The first-order valence-corrected chi connectivity index (χ1v) is 12.7. The number of nitrogens with one attached hydrogen (secondary N) is 1. The third-order valence-corrected chi connectivity index (χ3v) is 6.94. The SMILES string of the molecule is Cc1ccn2c(C[C@H]3CN(C(=O)OC4CC4)CCO3)c(-c3c(F)cc(C(=O)NC4CC4)cc3F)nc2c1. The molecule has 0 spiro atoms. The maximum Gasteiger partial charge on any atom is 0.410 e. The first kappa shape index (κ1) is 23.8. The molecule has 6 rings (SSSR count). The summed E-state index contributed by atoms with van der Waals surface area (Å²) in [5.74, 6) is -2.21. The van der Waals surface area contributed by atoms with Crippen molar-refractivity contribution in [2.75, 3.05) is 19.7 Å². The van der Waals surface area contributed by atoms with Gasteiger partial charge in [-0.25, -0.2) is 18.6 Å². The van der Waals surface area contributed by atoms with Crippen molar-refractivity contribution in [3.05, 3.63) is 58.9 Å². The Morgan fingerprint density at radius 1 is 1.16 bits per heavy atom. The number of aromatic nitrogens is 2. The molecule has 3 aliphatic rings. The molecule has 1 N–H and O–H groups in total. The molecule has 0 radical (unpaired) electrons. The second kappa shape index (κ2) is 9.41. The topological polar surface area (TPSA) is 85.2 Å². The molecule has 2 saturated carbocycles. The van der Waals surface area contributed by atoms with Crippen molar-refractivity contribution in [2.24, 2.45) is 0 Å². The Morgan fingerprint density at radius 3 is 2.62 bits per heavy atom. The summed E-state index contributed by atoms with van der Waals surface area (Å²) >= 11 is 0. The number of carbonyl (C=O) groups is 2. The lowest BCUT2D eigenvalue weighted by Crippen LogP contribution is -2.46. The monoisotopic (exact) mass is 510 g/mol. The summed E-state index contributed by atoms with van der Waals surface area (Å²) in [6.45, 7) is 2.98. The molecule has 1 atom stereocenters. The fourth-order valence-corrected chi connectivity index (χ4v) is 4.65. The number of aryl methyl sites for hydroxylation is 1. The second-order valence-corrected chi connectivity index (χ2v) is 10.1. The minimum absolute atomic E-state index is 0.00249. The number of nitrogens with zero attached hydrogens (tertiary/aromatic N) is 3. The molecule has 1 aliphatic heterocycles. The molecular weight excluding hydrogens is 482 g/mol. The lowest BCUT2D eigenvalue weighted by atomic mass is 10.0. The third kappa shape index (κ3) is 5.02. The van der Waals surface area contributed by atoms with Crippen molar-refractivity contribution >= 4 is 17.6 Å². The van der Waals surface area contributed by atoms with Crippen LogP contribution in [0.5, 0.6) is 0 Å².